The summed E-state index contributed by atoms with van der Waals surface area (Å²) < 4.78 is 16.3. The second-order valence-corrected chi connectivity index (χ2v) is 6.11. The molecule has 0 spiro atoms. The third kappa shape index (κ3) is 6.72. The van der Waals surface area contributed by atoms with Gasteiger partial charge in [0.2, 0.25) is 5.75 Å². The molecule has 25 heavy (non-hydrogen) atoms. The number of benzene rings is 1. The van der Waals surface area contributed by atoms with E-state index in [1.165, 1.54) is 0 Å². The van der Waals surface area contributed by atoms with Crippen molar-refractivity contribution in [3.63, 3.8) is 0 Å². The lowest BCUT2D eigenvalue weighted by atomic mass is 10.1. The molecular formula is C19H33N3O3. The van der Waals surface area contributed by atoms with Gasteiger partial charge in [0.1, 0.15) is 0 Å². The van der Waals surface area contributed by atoms with Crippen LogP contribution < -0.4 is 24.8 Å². The SMILES string of the molecule is CCNC(=NCCC(C)C)NCCc1ccc(OC)c(OC)c1OC. The fourth-order valence-corrected chi connectivity index (χ4v) is 2.45. The molecule has 6 nitrogen and oxygen atoms in total. The quantitative estimate of drug-likeness (QED) is 0.501. The van der Waals surface area contributed by atoms with Gasteiger partial charge in [0.15, 0.2) is 17.5 Å². The molecule has 1 rings (SSSR count). The molecule has 0 saturated heterocycles. The molecule has 0 amide bonds. The van der Waals surface area contributed by atoms with Crippen molar-refractivity contribution < 1.29 is 14.2 Å². The summed E-state index contributed by atoms with van der Waals surface area (Å²) >= 11 is 0. The Labute approximate surface area is 152 Å². The molecule has 1 aromatic rings. The number of nitrogens with zero attached hydrogens (tertiary/aromatic N) is 1. The minimum Gasteiger partial charge on any atom is -0.493 e. The third-order valence-corrected chi connectivity index (χ3v) is 3.79. The fourth-order valence-electron chi connectivity index (χ4n) is 2.45. The Morgan fingerprint density at radius 1 is 1.04 bits per heavy atom. The molecule has 0 fully saturated rings. The van der Waals surface area contributed by atoms with E-state index in [4.69, 9.17) is 14.2 Å². The standard InChI is InChI=1S/C19H33N3O3/c1-7-20-19(21-12-10-14(2)3)22-13-11-15-8-9-16(23-4)18(25-6)17(15)24-5/h8-9,14H,7,10-13H2,1-6H3,(H2,20,21,22). The van der Waals surface area contributed by atoms with Crippen molar-refractivity contribution in [1.82, 2.24) is 10.6 Å². The predicted octanol–water partition coefficient (Wildman–Crippen LogP) is 2.86. The predicted molar refractivity (Wildman–Crippen MR) is 103 cm³/mol. The molecule has 0 aliphatic heterocycles. The first kappa shape index (κ1) is 20.9. The maximum absolute atomic E-state index is 5.53. The van der Waals surface area contributed by atoms with Crippen LogP contribution >= 0.6 is 0 Å². The number of aliphatic imine (C=N–C) groups is 1. The van der Waals surface area contributed by atoms with E-state index in [-0.39, 0.29) is 0 Å². The van der Waals surface area contributed by atoms with Gasteiger partial charge in [-0.2, -0.15) is 0 Å². The van der Waals surface area contributed by atoms with E-state index in [1.54, 1.807) is 21.3 Å². The molecular weight excluding hydrogens is 318 g/mol. The van der Waals surface area contributed by atoms with Crippen LogP contribution in [-0.2, 0) is 6.42 Å². The van der Waals surface area contributed by atoms with Crippen molar-refractivity contribution in [3.05, 3.63) is 17.7 Å². The van der Waals surface area contributed by atoms with Crippen molar-refractivity contribution in [2.75, 3.05) is 41.0 Å². The first-order valence-electron chi connectivity index (χ1n) is 8.87. The summed E-state index contributed by atoms with van der Waals surface area (Å²) in [5, 5.41) is 6.65. The first-order valence-corrected chi connectivity index (χ1v) is 8.87. The molecule has 0 bridgehead atoms. The Kier molecular flexibility index (Phi) is 9.58. The van der Waals surface area contributed by atoms with Gasteiger partial charge in [0, 0.05) is 25.2 Å². The number of guanidine groups is 1. The average molecular weight is 351 g/mol. The van der Waals surface area contributed by atoms with Crippen LogP contribution in [0.2, 0.25) is 0 Å². The van der Waals surface area contributed by atoms with Crippen LogP contribution in [0, 0.1) is 5.92 Å². The molecule has 0 aliphatic carbocycles. The highest BCUT2D eigenvalue weighted by Crippen LogP contribution is 2.39. The Morgan fingerprint density at radius 2 is 1.76 bits per heavy atom. The Hall–Kier alpha value is -2.11. The largest absolute Gasteiger partial charge is 0.493 e. The highest BCUT2D eigenvalue weighted by molar-refractivity contribution is 5.79. The van der Waals surface area contributed by atoms with Gasteiger partial charge in [-0.3, -0.25) is 4.99 Å². The van der Waals surface area contributed by atoms with Crippen LogP contribution in [0.5, 0.6) is 17.2 Å². The van der Waals surface area contributed by atoms with E-state index in [9.17, 15) is 0 Å². The maximum atomic E-state index is 5.53. The van der Waals surface area contributed by atoms with Gasteiger partial charge in [-0.25, -0.2) is 0 Å². The summed E-state index contributed by atoms with van der Waals surface area (Å²) in [5.41, 5.74) is 1.06. The van der Waals surface area contributed by atoms with E-state index in [0.29, 0.717) is 23.2 Å². The maximum Gasteiger partial charge on any atom is 0.203 e. The van der Waals surface area contributed by atoms with Gasteiger partial charge in [-0.15, -0.1) is 0 Å². The molecule has 0 aliphatic rings. The van der Waals surface area contributed by atoms with Crippen molar-refractivity contribution in [1.29, 1.82) is 0 Å². The van der Waals surface area contributed by atoms with Crippen molar-refractivity contribution in [2.45, 2.75) is 33.6 Å². The summed E-state index contributed by atoms with van der Waals surface area (Å²) in [4.78, 5) is 4.61. The third-order valence-electron chi connectivity index (χ3n) is 3.79. The molecule has 0 heterocycles. The zero-order valence-electron chi connectivity index (χ0n) is 16.4. The topological polar surface area (TPSA) is 64.1 Å². The minimum atomic E-state index is 0.625. The van der Waals surface area contributed by atoms with E-state index in [0.717, 1.165) is 44.0 Å². The molecule has 0 unspecified atom stereocenters. The molecule has 0 radical (unpaired) electrons. The number of rotatable bonds is 10. The summed E-state index contributed by atoms with van der Waals surface area (Å²) in [6.07, 6.45) is 1.87. The second kappa shape index (κ2) is 11.4. The smallest absolute Gasteiger partial charge is 0.203 e. The van der Waals surface area contributed by atoms with E-state index >= 15 is 0 Å². The fraction of sp³-hybridized carbons (Fsp3) is 0.632. The van der Waals surface area contributed by atoms with Gasteiger partial charge >= 0.3 is 0 Å². The number of ether oxygens (including phenoxy) is 3. The molecule has 0 saturated carbocycles. The number of hydrogen-bond acceptors (Lipinski definition) is 4. The van der Waals surface area contributed by atoms with E-state index in [2.05, 4.69) is 36.4 Å². The van der Waals surface area contributed by atoms with Gasteiger partial charge in [-0.1, -0.05) is 19.9 Å². The molecule has 1 aromatic carbocycles. The van der Waals surface area contributed by atoms with Gasteiger partial charge in [0.05, 0.1) is 21.3 Å². The number of methoxy groups -OCH3 is 3. The van der Waals surface area contributed by atoms with Crippen LogP contribution in [0.25, 0.3) is 0 Å². The number of nitrogens with one attached hydrogen (secondary N) is 2. The first-order chi connectivity index (χ1) is 12.1. The van der Waals surface area contributed by atoms with Gasteiger partial charge < -0.3 is 24.8 Å². The zero-order valence-corrected chi connectivity index (χ0v) is 16.4. The van der Waals surface area contributed by atoms with Crippen LogP contribution in [0.15, 0.2) is 17.1 Å². The van der Waals surface area contributed by atoms with Crippen LogP contribution in [0.4, 0.5) is 0 Å². The summed E-state index contributed by atoms with van der Waals surface area (Å²) in [5.74, 6) is 3.51. The summed E-state index contributed by atoms with van der Waals surface area (Å²) in [7, 11) is 4.88. The Balaban J connectivity index is 2.72. The van der Waals surface area contributed by atoms with Gasteiger partial charge in [-0.05, 0) is 31.7 Å². The lowest BCUT2D eigenvalue weighted by molar-refractivity contribution is 0.322. The van der Waals surface area contributed by atoms with Crippen molar-refractivity contribution >= 4 is 5.96 Å². The molecule has 0 aromatic heterocycles. The Morgan fingerprint density at radius 3 is 2.32 bits per heavy atom. The lowest BCUT2D eigenvalue weighted by Gasteiger charge is -2.16. The minimum absolute atomic E-state index is 0.625. The Bertz CT molecular complexity index is 545. The van der Waals surface area contributed by atoms with Crippen LogP contribution in [0.1, 0.15) is 32.8 Å². The highest BCUT2D eigenvalue weighted by atomic mass is 16.5. The van der Waals surface area contributed by atoms with Crippen LogP contribution in [0.3, 0.4) is 0 Å². The highest BCUT2D eigenvalue weighted by Gasteiger charge is 2.15. The molecule has 0 atom stereocenters. The molecule has 6 heteroatoms. The zero-order chi connectivity index (χ0) is 18.7. The second-order valence-electron chi connectivity index (χ2n) is 6.11. The monoisotopic (exact) mass is 351 g/mol. The lowest BCUT2D eigenvalue weighted by Crippen LogP contribution is -2.38. The van der Waals surface area contributed by atoms with E-state index in [1.807, 2.05) is 12.1 Å². The van der Waals surface area contributed by atoms with Crippen molar-refractivity contribution in [2.24, 2.45) is 10.9 Å². The van der Waals surface area contributed by atoms with Crippen LogP contribution in [-0.4, -0.2) is 46.9 Å². The van der Waals surface area contributed by atoms with Gasteiger partial charge in [0.25, 0.3) is 0 Å². The van der Waals surface area contributed by atoms with Crippen molar-refractivity contribution in [3.8, 4) is 17.2 Å². The average Bonchev–Trinajstić information content (AvgIpc) is 2.60. The summed E-state index contributed by atoms with van der Waals surface area (Å²) in [6, 6.07) is 3.91. The van der Waals surface area contributed by atoms with E-state index < -0.39 is 0 Å². The number of hydrogen-bond donors (Lipinski definition) is 2. The molecule has 2 N–H and O–H groups in total. The normalized spacial score (nSPS) is 11.4. The summed E-state index contributed by atoms with van der Waals surface area (Å²) in [6.45, 7) is 8.90. The molecule has 142 valence electrons.